The van der Waals surface area contributed by atoms with Gasteiger partial charge in [-0.2, -0.15) is 13.2 Å². The van der Waals surface area contributed by atoms with E-state index in [0.717, 1.165) is 48.6 Å². The lowest BCUT2D eigenvalue weighted by Gasteiger charge is -2.32. The molecule has 0 aliphatic carbocycles. The van der Waals surface area contributed by atoms with Crippen molar-refractivity contribution < 1.29 is 37.1 Å². The van der Waals surface area contributed by atoms with Crippen LogP contribution in [-0.2, 0) is 27.4 Å². The molecule has 0 radical (unpaired) electrons. The van der Waals surface area contributed by atoms with E-state index in [1.54, 1.807) is 0 Å². The molecule has 33 heavy (non-hydrogen) atoms. The molecule has 2 N–H and O–H groups in total. The van der Waals surface area contributed by atoms with Gasteiger partial charge < -0.3 is 19.7 Å². The first-order valence-corrected chi connectivity index (χ1v) is 10.5. The van der Waals surface area contributed by atoms with Gasteiger partial charge in [-0.15, -0.1) is 0 Å². The van der Waals surface area contributed by atoms with E-state index in [9.17, 15) is 18.0 Å². The third-order valence-electron chi connectivity index (χ3n) is 5.68. The van der Waals surface area contributed by atoms with Crippen LogP contribution in [0.25, 0.3) is 0 Å². The highest BCUT2D eigenvalue weighted by Crippen LogP contribution is 2.33. The fraction of sp³-hybridized carbons (Fsp3) is 0.500. The van der Waals surface area contributed by atoms with Crippen molar-refractivity contribution in [3.05, 3.63) is 52.9 Å². The number of aliphatic carboxylic acids is 1. The molecule has 180 valence electrons. The van der Waals surface area contributed by atoms with Gasteiger partial charge in [-0.1, -0.05) is 35.5 Å². The standard InChI is InChI=1S/C20H25N3O3.C2HF3O2/c1-13-18(14(2)26-22-13)11-23-10-16-8-17(19(12-23)25-16)20(24)21-9-15-6-4-3-5-7-15;3-2(4,5)1(6)7/h3-7,16-17,19H,8-12H2,1-2H3,(H,21,24);(H,6,7). The molecule has 1 amide bonds. The third-order valence-corrected chi connectivity index (χ3v) is 5.68. The first-order valence-electron chi connectivity index (χ1n) is 10.5. The molecule has 4 rings (SSSR count). The second kappa shape index (κ2) is 10.3. The monoisotopic (exact) mass is 469 g/mol. The van der Waals surface area contributed by atoms with Crippen LogP contribution in [0.1, 0.15) is 29.0 Å². The third kappa shape index (κ3) is 6.55. The number of alkyl halides is 3. The summed E-state index contributed by atoms with van der Waals surface area (Å²) in [6.45, 7) is 6.91. The molecule has 3 unspecified atom stereocenters. The summed E-state index contributed by atoms with van der Waals surface area (Å²) in [6, 6.07) is 10.00. The molecular weight excluding hydrogens is 443 g/mol. The minimum atomic E-state index is -5.08. The number of fused-ring (bicyclic) bond motifs is 2. The van der Waals surface area contributed by atoms with Gasteiger partial charge in [0.15, 0.2) is 0 Å². The second-order valence-electron chi connectivity index (χ2n) is 8.14. The Morgan fingerprint density at radius 2 is 1.88 bits per heavy atom. The smallest absolute Gasteiger partial charge is 0.475 e. The Kier molecular flexibility index (Phi) is 7.75. The number of aryl methyl sites for hydroxylation is 2. The van der Waals surface area contributed by atoms with Gasteiger partial charge in [-0.05, 0) is 25.8 Å². The summed E-state index contributed by atoms with van der Waals surface area (Å²) >= 11 is 0. The predicted molar refractivity (Wildman–Crippen MR) is 110 cm³/mol. The van der Waals surface area contributed by atoms with E-state index in [4.69, 9.17) is 19.2 Å². The zero-order valence-electron chi connectivity index (χ0n) is 18.3. The maximum absolute atomic E-state index is 12.7. The summed E-state index contributed by atoms with van der Waals surface area (Å²) in [6.07, 6.45) is -4.20. The molecule has 2 aliphatic heterocycles. The topological polar surface area (TPSA) is 105 Å². The molecule has 0 spiro atoms. The number of carboxylic acids is 1. The summed E-state index contributed by atoms with van der Waals surface area (Å²) in [5.41, 5.74) is 3.21. The largest absolute Gasteiger partial charge is 0.490 e. The molecule has 3 heterocycles. The number of halogens is 3. The van der Waals surface area contributed by atoms with Crippen LogP contribution in [-0.4, -0.2) is 58.5 Å². The van der Waals surface area contributed by atoms with Gasteiger partial charge in [0, 0.05) is 31.7 Å². The van der Waals surface area contributed by atoms with Gasteiger partial charge in [0.05, 0.1) is 23.8 Å². The first-order chi connectivity index (χ1) is 15.5. The molecule has 0 saturated carbocycles. The lowest BCUT2D eigenvalue weighted by Crippen LogP contribution is -2.45. The van der Waals surface area contributed by atoms with Gasteiger partial charge >= 0.3 is 12.1 Å². The number of carbonyl (C=O) groups excluding carboxylic acids is 1. The number of hydrogen-bond donors (Lipinski definition) is 2. The highest BCUT2D eigenvalue weighted by atomic mass is 19.4. The molecule has 2 bridgehead atoms. The number of morpholine rings is 1. The van der Waals surface area contributed by atoms with E-state index in [1.807, 2.05) is 44.2 Å². The summed E-state index contributed by atoms with van der Waals surface area (Å²) < 4.78 is 43.1. The quantitative estimate of drug-likeness (QED) is 0.694. The molecule has 11 heteroatoms. The van der Waals surface area contributed by atoms with E-state index in [2.05, 4.69) is 15.4 Å². The molecule has 2 saturated heterocycles. The number of likely N-dealkylation sites (tertiary alicyclic amines) is 1. The molecular formula is C22H26F3N3O5. The molecule has 3 atom stereocenters. The van der Waals surface area contributed by atoms with Crippen LogP contribution in [0, 0.1) is 19.8 Å². The first kappa shape index (κ1) is 24.7. The summed E-state index contributed by atoms with van der Waals surface area (Å²) in [7, 11) is 0. The van der Waals surface area contributed by atoms with E-state index < -0.39 is 12.1 Å². The molecule has 8 nitrogen and oxygen atoms in total. The number of nitrogens with zero attached hydrogens (tertiary/aromatic N) is 2. The maximum Gasteiger partial charge on any atom is 0.490 e. The SMILES string of the molecule is Cc1noc(C)c1CN1CC2CC(C(=O)NCc3ccccc3)C(C1)O2.O=C(O)C(F)(F)F. The van der Waals surface area contributed by atoms with E-state index in [-0.39, 0.29) is 24.0 Å². The molecule has 1 aromatic carbocycles. The average molecular weight is 469 g/mol. The van der Waals surface area contributed by atoms with Crippen LogP contribution in [0.4, 0.5) is 13.2 Å². The van der Waals surface area contributed by atoms with Gasteiger partial charge in [-0.25, -0.2) is 4.79 Å². The van der Waals surface area contributed by atoms with Crippen molar-refractivity contribution >= 4 is 11.9 Å². The number of rotatable bonds is 5. The van der Waals surface area contributed by atoms with Gasteiger partial charge in [0.1, 0.15) is 5.76 Å². The van der Waals surface area contributed by atoms with Gasteiger partial charge in [0.25, 0.3) is 0 Å². The van der Waals surface area contributed by atoms with Gasteiger partial charge in [0.2, 0.25) is 5.91 Å². The van der Waals surface area contributed by atoms with Gasteiger partial charge in [-0.3, -0.25) is 9.69 Å². The number of aromatic nitrogens is 1. The zero-order chi connectivity index (χ0) is 24.2. The highest BCUT2D eigenvalue weighted by Gasteiger charge is 2.44. The van der Waals surface area contributed by atoms with Crippen LogP contribution in [0.2, 0.25) is 0 Å². The lowest BCUT2D eigenvalue weighted by molar-refractivity contribution is -0.192. The minimum Gasteiger partial charge on any atom is -0.475 e. The Balaban J connectivity index is 0.000000383. The molecule has 2 fully saturated rings. The number of nitrogens with one attached hydrogen (secondary N) is 1. The number of benzene rings is 1. The second-order valence-corrected chi connectivity index (χ2v) is 8.14. The van der Waals surface area contributed by atoms with Crippen LogP contribution >= 0.6 is 0 Å². The molecule has 2 aromatic rings. The number of ether oxygens (including phenoxy) is 1. The maximum atomic E-state index is 12.7. The Hall–Kier alpha value is -2.92. The van der Waals surface area contributed by atoms with Crippen molar-refractivity contribution in [3.63, 3.8) is 0 Å². The number of carboxylic acid groups (broad SMARTS) is 1. The fourth-order valence-electron chi connectivity index (χ4n) is 4.01. The van der Waals surface area contributed by atoms with Crippen LogP contribution in [0.5, 0.6) is 0 Å². The number of hydrogen-bond acceptors (Lipinski definition) is 6. The highest BCUT2D eigenvalue weighted by molar-refractivity contribution is 5.79. The summed E-state index contributed by atoms with van der Waals surface area (Å²) in [5.74, 6) is -1.86. The van der Waals surface area contributed by atoms with Crippen molar-refractivity contribution in [3.8, 4) is 0 Å². The lowest BCUT2D eigenvalue weighted by atomic mass is 9.99. The molecule has 1 aromatic heterocycles. The fourth-order valence-corrected chi connectivity index (χ4v) is 4.01. The van der Waals surface area contributed by atoms with Crippen LogP contribution < -0.4 is 5.32 Å². The van der Waals surface area contributed by atoms with E-state index in [0.29, 0.717) is 6.54 Å². The minimum absolute atomic E-state index is 0.0370. The van der Waals surface area contributed by atoms with Crippen molar-refractivity contribution in [1.82, 2.24) is 15.4 Å². The Morgan fingerprint density at radius 3 is 2.45 bits per heavy atom. The Labute approximate surface area is 188 Å². The predicted octanol–water partition coefficient (Wildman–Crippen LogP) is 2.83. The van der Waals surface area contributed by atoms with E-state index >= 15 is 0 Å². The Morgan fingerprint density at radius 1 is 1.21 bits per heavy atom. The Bertz CT molecular complexity index is 944. The average Bonchev–Trinajstić information content (AvgIpc) is 3.24. The van der Waals surface area contributed by atoms with Crippen LogP contribution in [0.15, 0.2) is 34.9 Å². The van der Waals surface area contributed by atoms with Crippen molar-refractivity contribution in [2.75, 3.05) is 13.1 Å². The number of carbonyl (C=O) groups is 2. The normalized spacial score (nSPS) is 22.4. The van der Waals surface area contributed by atoms with E-state index in [1.165, 1.54) is 0 Å². The van der Waals surface area contributed by atoms with Crippen molar-refractivity contribution in [2.45, 2.75) is 51.7 Å². The van der Waals surface area contributed by atoms with Crippen molar-refractivity contribution in [1.29, 1.82) is 0 Å². The molecule has 2 aliphatic rings. The summed E-state index contributed by atoms with van der Waals surface area (Å²) in [5, 5.41) is 14.2. The van der Waals surface area contributed by atoms with Crippen LogP contribution in [0.3, 0.4) is 0 Å². The van der Waals surface area contributed by atoms with Crippen molar-refractivity contribution in [2.24, 2.45) is 5.92 Å². The number of amides is 1. The summed E-state index contributed by atoms with van der Waals surface area (Å²) in [4.78, 5) is 23.9. The zero-order valence-corrected chi connectivity index (χ0v) is 18.3.